The van der Waals surface area contributed by atoms with Crippen LogP contribution in [-0.4, -0.2) is 18.1 Å². The normalized spacial score (nSPS) is 9.83. The van der Waals surface area contributed by atoms with E-state index in [-0.39, 0.29) is 11.3 Å². The van der Waals surface area contributed by atoms with Gasteiger partial charge in [0.1, 0.15) is 17.1 Å². The summed E-state index contributed by atoms with van der Waals surface area (Å²) in [6, 6.07) is 13.4. The smallest absolute Gasteiger partial charge is 0.347 e. The lowest BCUT2D eigenvalue weighted by Crippen LogP contribution is -2.08. The van der Waals surface area contributed by atoms with Crippen molar-refractivity contribution in [2.75, 3.05) is 12.4 Å². The molecule has 4 heteroatoms. The van der Waals surface area contributed by atoms with Crippen LogP contribution in [0.4, 0.5) is 5.69 Å². The zero-order valence-electron chi connectivity index (χ0n) is 9.88. The molecule has 0 aliphatic heterocycles. The maximum Gasteiger partial charge on any atom is 0.347 e. The first-order valence-corrected chi connectivity index (χ1v) is 5.48. The van der Waals surface area contributed by atoms with Crippen molar-refractivity contribution >= 4 is 11.7 Å². The monoisotopic (exact) mass is 243 g/mol. The maximum atomic E-state index is 11.8. The molecule has 0 aliphatic rings. The van der Waals surface area contributed by atoms with Crippen LogP contribution in [0.5, 0.6) is 11.5 Å². The summed E-state index contributed by atoms with van der Waals surface area (Å²) in [5.74, 6) is -0.247. The molecule has 0 spiro atoms. The second-order valence-corrected chi connectivity index (χ2v) is 3.68. The average molecular weight is 243 g/mol. The van der Waals surface area contributed by atoms with E-state index in [4.69, 9.17) is 4.74 Å². The molecule has 4 nitrogen and oxygen atoms in total. The number of nitrogens with one attached hydrogen (secondary N) is 1. The lowest BCUT2D eigenvalue weighted by atomic mass is 10.2. The van der Waals surface area contributed by atoms with Crippen LogP contribution in [0.2, 0.25) is 0 Å². The van der Waals surface area contributed by atoms with Crippen LogP contribution in [0.1, 0.15) is 10.4 Å². The van der Waals surface area contributed by atoms with Gasteiger partial charge in [0.2, 0.25) is 0 Å². The highest BCUT2D eigenvalue weighted by Gasteiger charge is 2.13. The summed E-state index contributed by atoms with van der Waals surface area (Å²) in [7, 11) is 1.73. The molecular weight excluding hydrogens is 230 g/mol. The van der Waals surface area contributed by atoms with E-state index in [2.05, 4.69) is 5.32 Å². The van der Waals surface area contributed by atoms with E-state index in [1.54, 1.807) is 37.4 Å². The van der Waals surface area contributed by atoms with Crippen LogP contribution in [-0.2, 0) is 0 Å². The Balaban J connectivity index is 2.19. The van der Waals surface area contributed by atoms with Gasteiger partial charge in [-0.1, -0.05) is 18.2 Å². The Morgan fingerprint density at radius 1 is 1.17 bits per heavy atom. The summed E-state index contributed by atoms with van der Waals surface area (Å²) in [5.41, 5.74) is 0.863. The molecule has 0 bridgehead atoms. The molecule has 2 aromatic rings. The summed E-state index contributed by atoms with van der Waals surface area (Å²) in [6.45, 7) is 0. The fourth-order valence-electron chi connectivity index (χ4n) is 1.51. The fraction of sp³-hybridized carbons (Fsp3) is 0.0714. The molecule has 0 saturated carbocycles. The number of rotatable bonds is 3. The Kier molecular flexibility index (Phi) is 3.48. The van der Waals surface area contributed by atoms with Crippen molar-refractivity contribution < 1.29 is 14.6 Å². The highest BCUT2D eigenvalue weighted by Crippen LogP contribution is 2.23. The van der Waals surface area contributed by atoms with E-state index in [1.165, 1.54) is 12.1 Å². The highest BCUT2D eigenvalue weighted by molar-refractivity contribution is 5.94. The number of benzene rings is 2. The second-order valence-electron chi connectivity index (χ2n) is 3.68. The summed E-state index contributed by atoms with van der Waals surface area (Å²) in [6.07, 6.45) is 0. The second kappa shape index (κ2) is 5.23. The van der Waals surface area contributed by atoms with E-state index >= 15 is 0 Å². The number of phenols is 1. The molecule has 0 amide bonds. The van der Waals surface area contributed by atoms with E-state index in [9.17, 15) is 9.90 Å². The van der Waals surface area contributed by atoms with Crippen molar-refractivity contribution in [1.29, 1.82) is 0 Å². The lowest BCUT2D eigenvalue weighted by Gasteiger charge is -2.07. The minimum atomic E-state index is -0.582. The van der Waals surface area contributed by atoms with Gasteiger partial charge in [-0.05, 0) is 24.3 Å². The van der Waals surface area contributed by atoms with Crippen LogP contribution in [0.3, 0.4) is 0 Å². The summed E-state index contributed by atoms with van der Waals surface area (Å²) in [5, 5.41) is 12.6. The molecule has 0 fully saturated rings. The number of esters is 1. The van der Waals surface area contributed by atoms with Crippen LogP contribution in [0.25, 0.3) is 0 Å². The Morgan fingerprint density at radius 3 is 2.50 bits per heavy atom. The van der Waals surface area contributed by atoms with E-state index in [0.29, 0.717) is 5.75 Å². The number of carbonyl (C=O) groups excluding carboxylic acids is 1. The van der Waals surface area contributed by atoms with Crippen molar-refractivity contribution in [2.24, 2.45) is 0 Å². The summed E-state index contributed by atoms with van der Waals surface area (Å²) in [4.78, 5) is 11.8. The van der Waals surface area contributed by atoms with Crippen molar-refractivity contribution in [3.8, 4) is 11.5 Å². The Morgan fingerprint density at radius 2 is 1.89 bits per heavy atom. The number of phenolic OH excluding ortho intramolecular Hbond substituents is 1. The molecule has 0 atom stereocenters. The Hall–Kier alpha value is -2.49. The summed E-state index contributed by atoms with van der Waals surface area (Å²) >= 11 is 0. The number of anilines is 1. The number of ether oxygens (including phenoxy) is 1. The van der Waals surface area contributed by atoms with Gasteiger partial charge < -0.3 is 15.2 Å². The van der Waals surface area contributed by atoms with Gasteiger partial charge in [-0.25, -0.2) is 4.79 Å². The predicted molar refractivity (Wildman–Crippen MR) is 69.1 cm³/mol. The summed E-state index contributed by atoms with van der Waals surface area (Å²) < 4.78 is 5.14. The first-order valence-electron chi connectivity index (χ1n) is 5.48. The minimum Gasteiger partial charge on any atom is -0.507 e. The first kappa shape index (κ1) is 12.0. The van der Waals surface area contributed by atoms with Gasteiger partial charge in [0.05, 0.1) is 0 Å². The van der Waals surface area contributed by atoms with Gasteiger partial charge in [-0.2, -0.15) is 0 Å². The van der Waals surface area contributed by atoms with Crippen molar-refractivity contribution in [3.63, 3.8) is 0 Å². The molecular formula is C14H13NO3. The number of hydrogen-bond donors (Lipinski definition) is 2. The molecule has 0 aliphatic carbocycles. The van der Waals surface area contributed by atoms with E-state index in [1.807, 2.05) is 6.07 Å². The quantitative estimate of drug-likeness (QED) is 0.642. The molecule has 0 aromatic heterocycles. The third-order valence-corrected chi connectivity index (χ3v) is 2.46. The molecule has 0 heterocycles. The third-order valence-electron chi connectivity index (χ3n) is 2.46. The van der Waals surface area contributed by atoms with Crippen molar-refractivity contribution in [3.05, 3.63) is 54.1 Å². The fourth-order valence-corrected chi connectivity index (χ4v) is 1.51. The number of hydrogen-bond acceptors (Lipinski definition) is 4. The number of carbonyl (C=O) groups is 1. The van der Waals surface area contributed by atoms with E-state index < -0.39 is 5.97 Å². The molecule has 0 radical (unpaired) electrons. The van der Waals surface area contributed by atoms with Crippen LogP contribution in [0.15, 0.2) is 48.5 Å². The predicted octanol–water partition coefficient (Wildman–Crippen LogP) is 2.65. The molecule has 18 heavy (non-hydrogen) atoms. The third kappa shape index (κ3) is 2.60. The average Bonchev–Trinajstić information content (AvgIpc) is 2.39. The number of aromatic hydroxyl groups is 1. The van der Waals surface area contributed by atoms with Gasteiger partial charge in [0.15, 0.2) is 0 Å². The zero-order valence-corrected chi connectivity index (χ0v) is 9.88. The Labute approximate surface area is 105 Å². The standard InChI is InChI=1S/C14H13NO3/c1-15-10-7-8-12(13(16)9-10)14(17)18-11-5-3-2-4-6-11/h2-9,15-16H,1H3. The molecule has 0 saturated heterocycles. The largest absolute Gasteiger partial charge is 0.507 e. The van der Waals surface area contributed by atoms with Crippen LogP contribution in [0, 0.1) is 0 Å². The molecule has 92 valence electrons. The molecule has 2 N–H and O–H groups in total. The number of para-hydroxylation sites is 1. The van der Waals surface area contributed by atoms with Crippen molar-refractivity contribution in [1.82, 2.24) is 0 Å². The zero-order chi connectivity index (χ0) is 13.0. The van der Waals surface area contributed by atoms with Gasteiger partial charge >= 0.3 is 5.97 Å². The molecule has 2 aromatic carbocycles. The van der Waals surface area contributed by atoms with E-state index in [0.717, 1.165) is 5.69 Å². The maximum absolute atomic E-state index is 11.8. The van der Waals surface area contributed by atoms with Crippen LogP contribution >= 0.6 is 0 Å². The minimum absolute atomic E-state index is 0.109. The Bertz CT molecular complexity index is 552. The molecule has 2 rings (SSSR count). The topological polar surface area (TPSA) is 58.6 Å². The van der Waals surface area contributed by atoms with Gasteiger partial charge in [-0.15, -0.1) is 0 Å². The van der Waals surface area contributed by atoms with Gasteiger partial charge in [-0.3, -0.25) is 0 Å². The lowest BCUT2D eigenvalue weighted by molar-refractivity contribution is 0.0732. The first-order chi connectivity index (χ1) is 8.70. The van der Waals surface area contributed by atoms with Gasteiger partial charge in [0.25, 0.3) is 0 Å². The van der Waals surface area contributed by atoms with Crippen LogP contribution < -0.4 is 10.1 Å². The SMILES string of the molecule is CNc1ccc(C(=O)Oc2ccccc2)c(O)c1. The highest BCUT2D eigenvalue weighted by atomic mass is 16.5. The molecule has 0 unspecified atom stereocenters. The van der Waals surface area contributed by atoms with Crippen molar-refractivity contribution in [2.45, 2.75) is 0 Å². The van der Waals surface area contributed by atoms with Gasteiger partial charge in [0, 0.05) is 18.8 Å².